The van der Waals surface area contributed by atoms with Crippen molar-refractivity contribution in [3.05, 3.63) is 53.3 Å². The van der Waals surface area contributed by atoms with E-state index in [0.717, 1.165) is 12.1 Å². The predicted molar refractivity (Wildman–Crippen MR) is 65.5 cm³/mol. The second-order valence-corrected chi connectivity index (χ2v) is 3.93. The molecule has 2 aromatic rings. The summed E-state index contributed by atoms with van der Waals surface area (Å²) in [4.78, 5) is 7.75. The number of anilines is 1. The van der Waals surface area contributed by atoms with Gasteiger partial charge in [-0.3, -0.25) is 0 Å². The molecule has 102 valence electrons. The molecule has 0 saturated heterocycles. The largest absolute Gasteiger partial charge is 0.416 e. The number of hydrogen-bond acceptors (Lipinski definition) is 4. The van der Waals surface area contributed by atoms with E-state index < -0.39 is 11.7 Å². The normalized spacial score (nSPS) is 10.9. The summed E-state index contributed by atoms with van der Waals surface area (Å²) >= 11 is 0. The lowest BCUT2D eigenvalue weighted by Crippen LogP contribution is -2.08. The molecule has 20 heavy (non-hydrogen) atoms. The lowest BCUT2D eigenvalue weighted by Gasteiger charge is -2.09. The van der Waals surface area contributed by atoms with Crippen LogP contribution in [0.4, 0.5) is 19.1 Å². The maximum absolute atomic E-state index is 12.5. The first-order valence-electron chi connectivity index (χ1n) is 5.62. The second kappa shape index (κ2) is 5.57. The summed E-state index contributed by atoms with van der Waals surface area (Å²) in [6, 6.07) is 8.27. The number of hydrogen-bond donors (Lipinski definition) is 1. The summed E-state index contributed by atoms with van der Waals surface area (Å²) in [7, 11) is 0. The Kier molecular flexibility index (Phi) is 3.84. The summed E-state index contributed by atoms with van der Waals surface area (Å²) < 4.78 is 37.6. The summed E-state index contributed by atoms with van der Waals surface area (Å²) in [5.41, 5.74) is -0.0687. The van der Waals surface area contributed by atoms with Crippen LogP contribution in [0.1, 0.15) is 16.8 Å². The SMILES string of the molecule is N#Cc1ccnc(NCc2cccc(C(F)(F)F)c2)n1. The Balaban J connectivity index is 2.09. The van der Waals surface area contributed by atoms with Gasteiger partial charge in [0.1, 0.15) is 11.8 Å². The fraction of sp³-hybridized carbons (Fsp3) is 0.154. The maximum atomic E-state index is 12.5. The number of nitrogens with one attached hydrogen (secondary N) is 1. The summed E-state index contributed by atoms with van der Waals surface area (Å²) in [5, 5.41) is 11.5. The monoisotopic (exact) mass is 278 g/mol. The van der Waals surface area contributed by atoms with Crippen LogP contribution in [0.15, 0.2) is 36.5 Å². The number of nitrogens with zero attached hydrogens (tertiary/aromatic N) is 3. The van der Waals surface area contributed by atoms with E-state index in [-0.39, 0.29) is 18.2 Å². The van der Waals surface area contributed by atoms with Gasteiger partial charge >= 0.3 is 6.18 Å². The molecule has 4 nitrogen and oxygen atoms in total. The van der Waals surface area contributed by atoms with Crippen molar-refractivity contribution in [3.63, 3.8) is 0 Å². The lowest BCUT2D eigenvalue weighted by atomic mass is 10.1. The molecule has 1 aromatic carbocycles. The average Bonchev–Trinajstić information content (AvgIpc) is 2.45. The van der Waals surface area contributed by atoms with Crippen molar-refractivity contribution in [2.75, 3.05) is 5.32 Å². The third-order valence-corrected chi connectivity index (χ3v) is 2.48. The molecular formula is C13H9F3N4. The van der Waals surface area contributed by atoms with Gasteiger partial charge in [0.25, 0.3) is 0 Å². The Morgan fingerprint density at radius 3 is 2.75 bits per heavy atom. The second-order valence-electron chi connectivity index (χ2n) is 3.93. The van der Waals surface area contributed by atoms with Crippen LogP contribution >= 0.6 is 0 Å². The highest BCUT2D eigenvalue weighted by atomic mass is 19.4. The van der Waals surface area contributed by atoms with E-state index in [1.807, 2.05) is 6.07 Å². The first-order chi connectivity index (χ1) is 9.49. The van der Waals surface area contributed by atoms with Crippen molar-refractivity contribution in [3.8, 4) is 6.07 Å². The van der Waals surface area contributed by atoms with Crippen molar-refractivity contribution >= 4 is 5.95 Å². The minimum Gasteiger partial charge on any atom is -0.350 e. The summed E-state index contributed by atoms with van der Waals surface area (Å²) in [6.07, 6.45) is -2.97. The van der Waals surface area contributed by atoms with Crippen LogP contribution in [0.5, 0.6) is 0 Å². The number of rotatable bonds is 3. The molecule has 0 saturated carbocycles. The molecule has 1 heterocycles. The van der Waals surface area contributed by atoms with E-state index in [1.54, 1.807) is 6.07 Å². The average molecular weight is 278 g/mol. The molecule has 0 amide bonds. The Bertz CT molecular complexity index is 647. The Morgan fingerprint density at radius 2 is 2.05 bits per heavy atom. The number of nitriles is 1. The molecule has 0 unspecified atom stereocenters. The van der Waals surface area contributed by atoms with Crippen molar-refractivity contribution in [1.29, 1.82) is 5.26 Å². The number of benzene rings is 1. The van der Waals surface area contributed by atoms with Crippen LogP contribution in [0.2, 0.25) is 0 Å². The number of halogens is 3. The van der Waals surface area contributed by atoms with Crippen LogP contribution in [0.3, 0.4) is 0 Å². The Labute approximate surface area is 112 Å². The van der Waals surface area contributed by atoms with E-state index in [0.29, 0.717) is 5.56 Å². The topological polar surface area (TPSA) is 61.6 Å². The van der Waals surface area contributed by atoms with Gasteiger partial charge in [-0.05, 0) is 23.8 Å². The van der Waals surface area contributed by atoms with E-state index >= 15 is 0 Å². The van der Waals surface area contributed by atoms with E-state index in [9.17, 15) is 13.2 Å². The zero-order valence-electron chi connectivity index (χ0n) is 10.1. The van der Waals surface area contributed by atoms with E-state index in [4.69, 9.17) is 5.26 Å². The van der Waals surface area contributed by atoms with E-state index in [2.05, 4.69) is 15.3 Å². The molecule has 0 bridgehead atoms. The smallest absolute Gasteiger partial charge is 0.350 e. The molecular weight excluding hydrogens is 269 g/mol. The minimum absolute atomic E-state index is 0.138. The zero-order chi connectivity index (χ0) is 14.6. The van der Waals surface area contributed by atoms with Gasteiger partial charge < -0.3 is 5.32 Å². The van der Waals surface area contributed by atoms with Crippen molar-refractivity contribution in [2.45, 2.75) is 12.7 Å². The molecule has 2 rings (SSSR count). The van der Waals surface area contributed by atoms with Crippen molar-refractivity contribution in [2.24, 2.45) is 0 Å². The minimum atomic E-state index is -4.37. The Hall–Kier alpha value is -2.62. The fourth-order valence-corrected chi connectivity index (χ4v) is 1.54. The molecule has 0 aliphatic rings. The van der Waals surface area contributed by atoms with E-state index in [1.165, 1.54) is 18.3 Å². The molecule has 0 aliphatic carbocycles. The summed E-state index contributed by atoms with van der Waals surface area (Å²) in [5.74, 6) is 0.196. The van der Waals surface area contributed by atoms with Crippen molar-refractivity contribution < 1.29 is 13.2 Å². The predicted octanol–water partition coefficient (Wildman–Crippen LogP) is 2.98. The van der Waals surface area contributed by atoms with Crippen LogP contribution in [-0.4, -0.2) is 9.97 Å². The number of aromatic nitrogens is 2. The first kappa shape index (κ1) is 13.8. The van der Waals surface area contributed by atoms with Gasteiger partial charge in [-0.25, -0.2) is 9.97 Å². The van der Waals surface area contributed by atoms with Crippen LogP contribution < -0.4 is 5.32 Å². The highest BCUT2D eigenvalue weighted by molar-refractivity contribution is 5.33. The molecule has 0 fully saturated rings. The Morgan fingerprint density at radius 1 is 1.25 bits per heavy atom. The molecule has 0 radical (unpaired) electrons. The van der Waals surface area contributed by atoms with Crippen LogP contribution in [0.25, 0.3) is 0 Å². The fourth-order valence-electron chi connectivity index (χ4n) is 1.54. The lowest BCUT2D eigenvalue weighted by molar-refractivity contribution is -0.137. The summed E-state index contributed by atoms with van der Waals surface area (Å²) in [6.45, 7) is 0.138. The van der Waals surface area contributed by atoms with Gasteiger partial charge in [0.15, 0.2) is 0 Å². The highest BCUT2D eigenvalue weighted by Gasteiger charge is 2.30. The first-order valence-corrected chi connectivity index (χ1v) is 5.62. The van der Waals surface area contributed by atoms with Crippen LogP contribution in [-0.2, 0) is 12.7 Å². The molecule has 0 aliphatic heterocycles. The van der Waals surface area contributed by atoms with Gasteiger partial charge in [0, 0.05) is 12.7 Å². The molecule has 1 N–H and O–H groups in total. The molecule has 7 heteroatoms. The van der Waals surface area contributed by atoms with Gasteiger partial charge in [0.05, 0.1) is 5.56 Å². The third kappa shape index (κ3) is 3.45. The third-order valence-electron chi connectivity index (χ3n) is 2.48. The molecule has 1 aromatic heterocycles. The number of alkyl halides is 3. The van der Waals surface area contributed by atoms with Crippen LogP contribution in [0, 0.1) is 11.3 Å². The molecule has 0 atom stereocenters. The highest BCUT2D eigenvalue weighted by Crippen LogP contribution is 2.29. The van der Waals surface area contributed by atoms with Gasteiger partial charge in [-0.1, -0.05) is 12.1 Å². The quantitative estimate of drug-likeness (QED) is 0.937. The van der Waals surface area contributed by atoms with Gasteiger partial charge in [-0.2, -0.15) is 18.4 Å². The van der Waals surface area contributed by atoms with Gasteiger partial charge in [-0.15, -0.1) is 0 Å². The van der Waals surface area contributed by atoms with Gasteiger partial charge in [0.2, 0.25) is 5.95 Å². The maximum Gasteiger partial charge on any atom is 0.416 e. The van der Waals surface area contributed by atoms with Crippen molar-refractivity contribution in [1.82, 2.24) is 9.97 Å². The molecule has 0 spiro atoms. The zero-order valence-corrected chi connectivity index (χ0v) is 10.1. The standard InChI is InChI=1S/C13H9F3N4/c14-13(15,16)10-3-1-2-9(6-10)8-19-12-18-5-4-11(7-17)20-12/h1-6H,8H2,(H,18,19,20).